The molecule has 2 nitrogen and oxygen atoms in total. The highest BCUT2D eigenvalue weighted by Crippen LogP contribution is 1.95. The van der Waals surface area contributed by atoms with Gasteiger partial charge < -0.3 is 10.8 Å². The van der Waals surface area contributed by atoms with Gasteiger partial charge in [-0.15, -0.1) is 6.58 Å². The Labute approximate surface area is 55.7 Å². The molecule has 0 saturated heterocycles. The smallest absolute Gasteiger partial charge is 0.129 e. The Morgan fingerprint density at radius 3 is 2.67 bits per heavy atom. The zero-order valence-corrected chi connectivity index (χ0v) is 5.67. The van der Waals surface area contributed by atoms with Crippen molar-refractivity contribution in [2.45, 2.75) is 19.1 Å². The molecular weight excluding hydrogens is 114 g/mol. The fraction of sp³-hybridized carbons (Fsp3) is 0.429. The van der Waals surface area contributed by atoms with E-state index >= 15 is 0 Å². The van der Waals surface area contributed by atoms with Crippen LogP contribution in [0.5, 0.6) is 0 Å². The van der Waals surface area contributed by atoms with Crippen molar-refractivity contribution >= 4 is 0 Å². The highest BCUT2D eigenvalue weighted by molar-refractivity contribution is 4.97. The first kappa shape index (κ1) is 8.40. The number of aliphatic hydroxyl groups is 1. The van der Waals surface area contributed by atoms with Gasteiger partial charge in [0.25, 0.3) is 0 Å². The van der Waals surface area contributed by atoms with Crippen molar-refractivity contribution < 1.29 is 5.11 Å². The number of rotatable bonds is 3. The zero-order chi connectivity index (χ0) is 7.33. The molecular formula is C7H13NO. The summed E-state index contributed by atoms with van der Waals surface area (Å²) in [7, 11) is 0. The number of hydrogen-bond acceptors (Lipinski definition) is 2. The van der Waals surface area contributed by atoms with Crippen molar-refractivity contribution in [3.8, 4) is 0 Å². The van der Waals surface area contributed by atoms with Crippen molar-refractivity contribution in [1.82, 2.24) is 0 Å². The van der Waals surface area contributed by atoms with E-state index in [1.165, 1.54) is 13.0 Å². The molecule has 9 heavy (non-hydrogen) atoms. The second-order valence-corrected chi connectivity index (χ2v) is 2.15. The maximum atomic E-state index is 8.90. The van der Waals surface area contributed by atoms with Gasteiger partial charge in [0.2, 0.25) is 0 Å². The molecule has 0 aromatic carbocycles. The van der Waals surface area contributed by atoms with Gasteiger partial charge >= 0.3 is 0 Å². The summed E-state index contributed by atoms with van der Waals surface area (Å²) in [6.07, 6.45) is 5.79. The minimum atomic E-state index is -1.18. The Kier molecular flexibility index (Phi) is 3.20. The maximum absolute atomic E-state index is 8.90. The molecule has 0 fully saturated rings. The highest BCUT2D eigenvalue weighted by atomic mass is 16.3. The topological polar surface area (TPSA) is 46.2 Å². The van der Waals surface area contributed by atoms with Gasteiger partial charge in [0.05, 0.1) is 0 Å². The first-order valence-electron chi connectivity index (χ1n) is 2.86. The molecule has 0 amide bonds. The van der Waals surface area contributed by atoms with E-state index in [0.29, 0.717) is 0 Å². The lowest BCUT2D eigenvalue weighted by Gasteiger charge is -2.09. The Bertz CT molecular complexity index is 111. The molecule has 0 heterocycles. The molecule has 0 aliphatic heterocycles. The van der Waals surface area contributed by atoms with E-state index in [4.69, 9.17) is 10.8 Å². The summed E-state index contributed by atoms with van der Waals surface area (Å²) in [5.41, 5.74) is 4.03. The van der Waals surface area contributed by atoms with E-state index in [0.717, 1.165) is 6.42 Å². The molecule has 0 aromatic rings. The Morgan fingerprint density at radius 1 is 1.78 bits per heavy atom. The van der Waals surface area contributed by atoms with Crippen LogP contribution >= 0.6 is 0 Å². The average molecular weight is 127 g/mol. The summed E-state index contributed by atoms with van der Waals surface area (Å²) < 4.78 is 0. The molecule has 1 unspecified atom stereocenters. The summed E-state index contributed by atoms with van der Waals surface area (Å²) in [5.74, 6) is 0. The standard InChI is InChI=1S/C7H13NO/c1-3-4-5-6-7(2,8)9/h3,5-6,9H,1,4,8H2,2H3/b6-5+. The molecule has 3 N–H and O–H groups in total. The lowest BCUT2D eigenvalue weighted by molar-refractivity contribution is 0.119. The van der Waals surface area contributed by atoms with E-state index in [2.05, 4.69) is 6.58 Å². The Balaban J connectivity index is 3.57. The van der Waals surface area contributed by atoms with Gasteiger partial charge in [-0.1, -0.05) is 12.2 Å². The van der Waals surface area contributed by atoms with Gasteiger partial charge in [-0.3, -0.25) is 0 Å². The van der Waals surface area contributed by atoms with E-state index in [-0.39, 0.29) is 0 Å². The minimum absolute atomic E-state index is 0.743. The first-order chi connectivity index (χ1) is 4.06. The molecule has 0 aliphatic rings. The normalized spacial score (nSPS) is 17.7. The van der Waals surface area contributed by atoms with Crippen LogP contribution in [0.4, 0.5) is 0 Å². The zero-order valence-electron chi connectivity index (χ0n) is 5.67. The predicted molar refractivity (Wildman–Crippen MR) is 38.8 cm³/mol. The Hall–Kier alpha value is -0.600. The quantitative estimate of drug-likeness (QED) is 0.435. The molecule has 0 spiro atoms. The van der Waals surface area contributed by atoms with Crippen LogP contribution < -0.4 is 5.73 Å². The van der Waals surface area contributed by atoms with Crippen LogP contribution in [0.15, 0.2) is 24.8 Å². The summed E-state index contributed by atoms with van der Waals surface area (Å²) in [6.45, 7) is 5.03. The van der Waals surface area contributed by atoms with Crippen molar-refractivity contribution in [2.75, 3.05) is 0 Å². The van der Waals surface area contributed by atoms with Crippen LogP contribution in [0, 0.1) is 0 Å². The van der Waals surface area contributed by atoms with Crippen molar-refractivity contribution in [1.29, 1.82) is 0 Å². The highest BCUT2D eigenvalue weighted by Gasteiger charge is 2.04. The molecule has 1 atom stereocenters. The number of hydrogen-bond donors (Lipinski definition) is 2. The fourth-order valence-electron chi connectivity index (χ4n) is 0.403. The minimum Gasteiger partial charge on any atom is -0.373 e. The van der Waals surface area contributed by atoms with Crippen molar-refractivity contribution in [2.24, 2.45) is 5.73 Å². The summed E-state index contributed by atoms with van der Waals surface area (Å²) in [5, 5.41) is 8.90. The van der Waals surface area contributed by atoms with Crippen LogP contribution in [0.1, 0.15) is 13.3 Å². The third-order valence-corrected chi connectivity index (χ3v) is 0.758. The molecule has 0 aliphatic carbocycles. The second kappa shape index (κ2) is 3.43. The van der Waals surface area contributed by atoms with Crippen molar-refractivity contribution in [3.63, 3.8) is 0 Å². The van der Waals surface area contributed by atoms with E-state index < -0.39 is 5.72 Å². The van der Waals surface area contributed by atoms with E-state index in [9.17, 15) is 0 Å². The van der Waals surface area contributed by atoms with Gasteiger partial charge in [0.15, 0.2) is 0 Å². The van der Waals surface area contributed by atoms with Crippen LogP contribution in [0.3, 0.4) is 0 Å². The lowest BCUT2D eigenvalue weighted by Crippen LogP contribution is -2.32. The van der Waals surface area contributed by atoms with Gasteiger partial charge in [-0.05, 0) is 19.4 Å². The summed E-state index contributed by atoms with van der Waals surface area (Å²) in [4.78, 5) is 0. The molecule has 0 rings (SSSR count). The maximum Gasteiger partial charge on any atom is 0.129 e. The van der Waals surface area contributed by atoms with Gasteiger partial charge in [-0.2, -0.15) is 0 Å². The predicted octanol–water partition coefficient (Wildman–Crippen LogP) is 0.786. The van der Waals surface area contributed by atoms with Crippen LogP contribution in [-0.2, 0) is 0 Å². The van der Waals surface area contributed by atoms with Crippen LogP contribution in [0.25, 0.3) is 0 Å². The second-order valence-electron chi connectivity index (χ2n) is 2.15. The lowest BCUT2D eigenvalue weighted by atomic mass is 10.2. The van der Waals surface area contributed by atoms with Crippen molar-refractivity contribution in [3.05, 3.63) is 24.8 Å². The van der Waals surface area contributed by atoms with Gasteiger partial charge in [0, 0.05) is 0 Å². The number of allylic oxidation sites excluding steroid dienone is 2. The summed E-state index contributed by atoms with van der Waals surface area (Å²) >= 11 is 0. The number of nitrogens with two attached hydrogens (primary N) is 1. The van der Waals surface area contributed by atoms with Crippen LogP contribution in [-0.4, -0.2) is 10.8 Å². The van der Waals surface area contributed by atoms with Crippen LogP contribution in [0.2, 0.25) is 0 Å². The first-order valence-corrected chi connectivity index (χ1v) is 2.86. The third-order valence-electron chi connectivity index (χ3n) is 0.758. The molecule has 0 bridgehead atoms. The Morgan fingerprint density at radius 2 is 2.33 bits per heavy atom. The van der Waals surface area contributed by atoms with Gasteiger partial charge in [-0.25, -0.2) is 0 Å². The largest absolute Gasteiger partial charge is 0.373 e. The summed E-state index contributed by atoms with van der Waals surface area (Å²) in [6, 6.07) is 0. The molecule has 52 valence electrons. The average Bonchev–Trinajstić information content (AvgIpc) is 1.63. The monoisotopic (exact) mass is 127 g/mol. The SMILES string of the molecule is C=CC/C=C/C(C)(N)O. The van der Waals surface area contributed by atoms with E-state index in [1.807, 2.05) is 0 Å². The molecule has 0 aromatic heterocycles. The molecule has 0 radical (unpaired) electrons. The molecule has 0 saturated carbocycles. The molecule has 2 heteroatoms. The third kappa shape index (κ3) is 7.40. The van der Waals surface area contributed by atoms with E-state index in [1.54, 1.807) is 12.2 Å². The van der Waals surface area contributed by atoms with Gasteiger partial charge in [0.1, 0.15) is 5.72 Å². The fourth-order valence-corrected chi connectivity index (χ4v) is 0.403.